The van der Waals surface area contributed by atoms with E-state index in [9.17, 15) is 9.59 Å². The Bertz CT molecular complexity index is 693. The Balaban J connectivity index is 1.70. The second-order valence-corrected chi connectivity index (χ2v) is 7.24. The Labute approximate surface area is 136 Å². The lowest BCUT2D eigenvalue weighted by Gasteiger charge is -2.14. The van der Waals surface area contributed by atoms with Gasteiger partial charge in [0.25, 0.3) is 5.91 Å². The molecule has 2 N–H and O–H groups in total. The van der Waals surface area contributed by atoms with Crippen LogP contribution in [-0.2, 0) is 4.79 Å². The highest BCUT2D eigenvalue weighted by Crippen LogP contribution is 2.28. The maximum Gasteiger partial charge on any atom is 0.252 e. The summed E-state index contributed by atoms with van der Waals surface area (Å²) in [6, 6.07) is 1.41. The van der Waals surface area contributed by atoms with Crippen molar-refractivity contribution >= 4 is 34.5 Å². The van der Waals surface area contributed by atoms with Crippen molar-refractivity contribution in [3.05, 3.63) is 27.4 Å². The number of rotatable bonds is 3. The number of carbonyl (C=O) groups excluding carboxylic acids is 2. The van der Waals surface area contributed by atoms with Crippen LogP contribution in [-0.4, -0.2) is 29.4 Å². The van der Waals surface area contributed by atoms with Crippen LogP contribution in [0.1, 0.15) is 34.6 Å². The van der Waals surface area contributed by atoms with E-state index < -0.39 is 6.04 Å². The van der Waals surface area contributed by atoms with E-state index in [1.807, 2.05) is 23.8 Å². The Morgan fingerprint density at radius 2 is 2.23 bits per heavy atom. The molecule has 2 amide bonds. The molecule has 1 aliphatic rings. The van der Waals surface area contributed by atoms with Crippen molar-refractivity contribution in [2.45, 2.75) is 32.2 Å². The molecule has 1 atom stereocenters. The lowest BCUT2D eigenvalue weighted by molar-refractivity contribution is -0.122. The summed E-state index contributed by atoms with van der Waals surface area (Å²) in [6.07, 6.45) is 2.60. The van der Waals surface area contributed by atoms with Crippen LogP contribution in [0, 0.1) is 6.92 Å². The summed E-state index contributed by atoms with van der Waals surface area (Å²) >= 11 is 3.08. The fourth-order valence-corrected chi connectivity index (χ4v) is 3.92. The summed E-state index contributed by atoms with van der Waals surface area (Å²) in [5.41, 5.74) is 1.49. The van der Waals surface area contributed by atoms with Crippen molar-refractivity contribution in [2.24, 2.45) is 0 Å². The molecule has 0 aromatic carbocycles. The lowest BCUT2D eigenvalue weighted by atomic mass is 10.1. The third kappa shape index (κ3) is 3.36. The molecule has 1 fully saturated rings. The molecule has 0 bridgehead atoms. The minimum Gasteiger partial charge on any atom is -0.354 e. The first kappa shape index (κ1) is 15.2. The van der Waals surface area contributed by atoms with E-state index in [-0.39, 0.29) is 11.8 Å². The molecule has 7 heteroatoms. The van der Waals surface area contributed by atoms with Gasteiger partial charge in [0.2, 0.25) is 5.91 Å². The number of amides is 2. The predicted octanol–water partition coefficient (Wildman–Crippen LogP) is 2.58. The number of hydrogen-bond acceptors (Lipinski definition) is 5. The van der Waals surface area contributed by atoms with Gasteiger partial charge in [0, 0.05) is 17.3 Å². The molecule has 0 aliphatic carbocycles. The summed E-state index contributed by atoms with van der Waals surface area (Å²) in [7, 11) is 0. The third-order valence-corrected chi connectivity index (χ3v) is 5.30. The molecule has 1 aliphatic heterocycles. The number of aromatic nitrogens is 1. The van der Waals surface area contributed by atoms with Gasteiger partial charge in [-0.05, 0) is 32.3 Å². The summed E-state index contributed by atoms with van der Waals surface area (Å²) in [4.78, 5) is 29.6. The molecule has 3 heterocycles. The van der Waals surface area contributed by atoms with Gasteiger partial charge in [-0.3, -0.25) is 9.59 Å². The minimum absolute atomic E-state index is 0.0866. The zero-order valence-corrected chi connectivity index (χ0v) is 13.9. The molecule has 22 heavy (non-hydrogen) atoms. The summed E-state index contributed by atoms with van der Waals surface area (Å²) < 4.78 is 0. The van der Waals surface area contributed by atoms with Crippen LogP contribution in [0.5, 0.6) is 0 Å². The number of thiophene rings is 1. The topological polar surface area (TPSA) is 71.1 Å². The highest BCUT2D eigenvalue weighted by molar-refractivity contribution is 7.14. The Kier molecular flexibility index (Phi) is 4.54. The van der Waals surface area contributed by atoms with Crippen molar-refractivity contribution in [3.8, 4) is 10.6 Å². The summed E-state index contributed by atoms with van der Waals surface area (Å²) in [6.45, 7) is 2.65. The number of hydrogen-bond donors (Lipinski definition) is 2. The largest absolute Gasteiger partial charge is 0.354 e. The Morgan fingerprint density at radius 3 is 3.00 bits per heavy atom. The van der Waals surface area contributed by atoms with Crippen molar-refractivity contribution in [2.75, 3.05) is 6.54 Å². The fourth-order valence-electron chi connectivity index (χ4n) is 2.38. The molecule has 0 radical (unpaired) electrons. The molecule has 1 saturated heterocycles. The second kappa shape index (κ2) is 6.58. The van der Waals surface area contributed by atoms with Gasteiger partial charge in [0.15, 0.2) is 0 Å². The Morgan fingerprint density at radius 1 is 1.36 bits per heavy atom. The molecular formula is C15H17N3O2S2. The van der Waals surface area contributed by atoms with Gasteiger partial charge in [0.1, 0.15) is 6.04 Å². The zero-order valence-electron chi connectivity index (χ0n) is 12.2. The van der Waals surface area contributed by atoms with E-state index in [0.717, 1.165) is 28.4 Å². The molecule has 2 aromatic heterocycles. The van der Waals surface area contributed by atoms with Crippen LogP contribution in [0.3, 0.4) is 0 Å². The van der Waals surface area contributed by atoms with Crippen molar-refractivity contribution in [3.63, 3.8) is 0 Å². The van der Waals surface area contributed by atoms with Crippen LogP contribution >= 0.6 is 22.7 Å². The van der Waals surface area contributed by atoms with E-state index in [2.05, 4.69) is 15.6 Å². The quantitative estimate of drug-likeness (QED) is 0.905. The van der Waals surface area contributed by atoms with Gasteiger partial charge in [-0.2, -0.15) is 0 Å². The first-order valence-electron chi connectivity index (χ1n) is 7.23. The molecule has 0 spiro atoms. The number of carbonyl (C=O) groups is 2. The van der Waals surface area contributed by atoms with E-state index in [1.165, 1.54) is 11.3 Å². The normalized spacial score (nSPS) is 18.6. The molecule has 116 valence electrons. The van der Waals surface area contributed by atoms with Crippen molar-refractivity contribution in [1.82, 2.24) is 15.6 Å². The Hall–Kier alpha value is -1.73. The second-order valence-electron chi connectivity index (χ2n) is 5.26. The van der Waals surface area contributed by atoms with Crippen LogP contribution in [0.15, 0.2) is 16.8 Å². The first-order chi connectivity index (χ1) is 10.6. The standard InChI is InChI=1S/C15H17N3O2S2/c1-9-17-12(8-21-9)13-6-10(7-22-13)14(19)18-11-4-2-3-5-16-15(11)20/h6-8,11H,2-5H2,1H3,(H,16,20)(H,18,19)/t11-/m1/s1. The van der Waals surface area contributed by atoms with Gasteiger partial charge >= 0.3 is 0 Å². The van der Waals surface area contributed by atoms with Crippen LogP contribution in [0.2, 0.25) is 0 Å². The van der Waals surface area contributed by atoms with E-state index in [1.54, 1.807) is 11.3 Å². The number of aryl methyl sites for hydroxylation is 1. The molecule has 5 nitrogen and oxygen atoms in total. The smallest absolute Gasteiger partial charge is 0.252 e. The van der Waals surface area contributed by atoms with E-state index >= 15 is 0 Å². The van der Waals surface area contributed by atoms with E-state index in [0.29, 0.717) is 18.5 Å². The monoisotopic (exact) mass is 335 g/mol. The highest BCUT2D eigenvalue weighted by atomic mass is 32.1. The highest BCUT2D eigenvalue weighted by Gasteiger charge is 2.23. The molecule has 0 unspecified atom stereocenters. The SMILES string of the molecule is Cc1nc(-c2cc(C(=O)N[C@@H]3CCCCNC3=O)cs2)cs1. The first-order valence-corrected chi connectivity index (χ1v) is 8.99. The minimum atomic E-state index is -0.431. The van der Waals surface area contributed by atoms with Gasteiger partial charge in [-0.15, -0.1) is 22.7 Å². The summed E-state index contributed by atoms with van der Waals surface area (Å²) in [5, 5.41) is 10.5. The van der Waals surface area contributed by atoms with E-state index in [4.69, 9.17) is 0 Å². The maximum absolute atomic E-state index is 12.3. The number of thiazole rings is 1. The fraction of sp³-hybridized carbons (Fsp3) is 0.400. The molecular weight excluding hydrogens is 318 g/mol. The van der Waals surface area contributed by atoms with Crippen LogP contribution in [0.4, 0.5) is 0 Å². The molecule has 2 aromatic rings. The third-order valence-electron chi connectivity index (χ3n) is 3.57. The lowest BCUT2D eigenvalue weighted by Crippen LogP contribution is -2.45. The van der Waals surface area contributed by atoms with Gasteiger partial charge in [-0.1, -0.05) is 0 Å². The number of nitrogens with one attached hydrogen (secondary N) is 2. The average molecular weight is 335 g/mol. The van der Waals surface area contributed by atoms with Crippen molar-refractivity contribution < 1.29 is 9.59 Å². The van der Waals surface area contributed by atoms with Gasteiger partial charge in [0.05, 0.1) is 21.1 Å². The van der Waals surface area contributed by atoms with Crippen LogP contribution < -0.4 is 10.6 Å². The number of nitrogens with zero attached hydrogens (tertiary/aromatic N) is 1. The predicted molar refractivity (Wildman–Crippen MR) is 88.3 cm³/mol. The molecule has 0 saturated carbocycles. The summed E-state index contributed by atoms with van der Waals surface area (Å²) in [5.74, 6) is -0.284. The average Bonchev–Trinajstić information content (AvgIpc) is 3.09. The maximum atomic E-state index is 12.3. The molecule has 3 rings (SSSR count). The van der Waals surface area contributed by atoms with Crippen molar-refractivity contribution in [1.29, 1.82) is 0 Å². The van der Waals surface area contributed by atoms with Gasteiger partial charge in [-0.25, -0.2) is 4.98 Å². The van der Waals surface area contributed by atoms with Gasteiger partial charge < -0.3 is 10.6 Å². The van der Waals surface area contributed by atoms with Crippen LogP contribution in [0.25, 0.3) is 10.6 Å². The zero-order chi connectivity index (χ0) is 15.5.